The van der Waals surface area contributed by atoms with E-state index in [1.54, 1.807) is 0 Å². The molecule has 0 spiro atoms. The summed E-state index contributed by atoms with van der Waals surface area (Å²) in [6, 6.07) is 0. The first-order valence-electron chi connectivity index (χ1n) is 4.41. The Balaban J connectivity index is 1.97. The van der Waals surface area contributed by atoms with Gasteiger partial charge in [0.25, 0.3) is 0 Å². The molecule has 0 unspecified atom stereocenters. The van der Waals surface area contributed by atoms with Gasteiger partial charge >= 0.3 is 0 Å². The van der Waals surface area contributed by atoms with Gasteiger partial charge in [-0.3, -0.25) is 0 Å². The molecule has 12 heavy (non-hydrogen) atoms. The highest BCUT2D eigenvalue weighted by Gasteiger charge is 2.27. The van der Waals surface area contributed by atoms with Crippen LogP contribution in [0.25, 0.3) is 0 Å². The van der Waals surface area contributed by atoms with E-state index in [-0.39, 0.29) is 6.10 Å². The fourth-order valence-electron chi connectivity index (χ4n) is 1.53. The van der Waals surface area contributed by atoms with Crippen LogP contribution in [0.5, 0.6) is 0 Å². The van der Waals surface area contributed by atoms with Crippen molar-refractivity contribution >= 4 is 13.7 Å². The third-order valence-corrected chi connectivity index (χ3v) is 2.40. The minimum atomic E-state index is -0.125. The van der Waals surface area contributed by atoms with E-state index in [1.165, 1.54) is 5.47 Å². The molecule has 2 aliphatic rings. The summed E-state index contributed by atoms with van der Waals surface area (Å²) in [5.41, 5.74) is 1.35. The fourth-order valence-corrected chi connectivity index (χ4v) is 1.53. The van der Waals surface area contributed by atoms with E-state index in [2.05, 4.69) is 17.7 Å². The van der Waals surface area contributed by atoms with Crippen molar-refractivity contribution < 1.29 is 5.11 Å². The van der Waals surface area contributed by atoms with Crippen LogP contribution in [0.4, 0.5) is 0 Å². The smallest absolute Gasteiger partial charge is 0.135 e. The van der Waals surface area contributed by atoms with Crippen molar-refractivity contribution in [1.82, 2.24) is 4.90 Å². The summed E-state index contributed by atoms with van der Waals surface area (Å²) >= 11 is 0. The van der Waals surface area contributed by atoms with Crippen LogP contribution in [0.3, 0.4) is 0 Å². The van der Waals surface area contributed by atoms with E-state index in [9.17, 15) is 0 Å². The van der Waals surface area contributed by atoms with Gasteiger partial charge in [-0.05, 0) is 6.42 Å². The zero-order valence-electron chi connectivity index (χ0n) is 7.32. The van der Waals surface area contributed by atoms with Gasteiger partial charge in [0.05, 0.1) is 6.10 Å². The average Bonchev–Trinajstić information content (AvgIpc) is 2.01. The van der Waals surface area contributed by atoms with Crippen molar-refractivity contribution in [2.45, 2.75) is 18.9 Å². The van der Waals surface area contributed by atoms with E-state index >= 15 is 0 Å². The number of amidine groups is 1. The maximum atomic E-state index is 9.09. The molecule has 64 valence electrons. The lowest BCUT2D eigenvalue weighted by Gasteiger charge is -2.39. The number of allylic oxidation sites excluding steroid dienone is 1. The van der Waals surface area contributed by atoms with Crippen LogP contribution < -0.4 is 0 Å². The van der Waals surface area contributed by atoms with E-state index < -0.39 is 0 Å². The summed E-state index contributed by atoms with van der Waals surface area (Å²) in [4.78, 5) is 6.48. The van der Waals surface area contributed by atoms with Crippen molar-refractivity contribution in [3.63, 3.8) is 0 Å². The Morgan fingerprint density at radius 2 is 2.25 bits per heavy atom. The highest BCUT2D eigenvalue weighted by atomic mass is 16.3. The molecule has 2 aliphatic heterocycles. The van der Waals surface area contributed by atoms with E-state index in [1.807, 2.05) is 6.20 Å². The Hall–Kier alpha value is -0.765. The van der Waals surface area contributed by atoms with Crippen molar-refractivity contribution in [3.8, 4) is 0 Å². The summed E-state index contributed by atoms with van der Waals surface area (Å²) in [7, 11) is 2.10. The monoisotopic (exact) mass is 164 g/mol. The van der Waals surface area contributed by atoms with Crippen LogP contribution in [-0.4, -0.2) is 42.9 Å². The van der Waals surface area contributed by atoms with Crippen molar-refractivity contribution in [3.05, 3.63) is 11.7 Å². The minimum absolute atomic E-state index is 0.125. The van der Waals surface area contributed by atoms with Crippen molar-refractivity contribution in [1.29, 1.82) is 0 Å². The molecule has 2 rings (SSSR count). The van der Waals surface area contributed by atoms with Gasteiger partial charge in [-0.1, -0.05) is 5.47 Å². The van der Waals surface area contributed by atoms with Crippen molar-refractivity contribution in [2.75, 3.05) is 13.1 Å². The predicted molar refractivity (Wildman–Crippen MR) is 50.9 cm³/mol. The van der Waals surface area contributed by atoms with Crippen LogP contribution in [-0.2, 0) is 0 Å². The van der Waals surface area contributed by atoms with Crippen LogP contribution in [0.2, 0.25) is 0 Å². The van der Waals surface area contributed by atoms with Crippen LogP contribution >= 0.6 is 0 Å². The maximum absolute atomic E-state index is 9.09. The molecule has 0 aromatic heterocycles. The van der Waals surface area contributed by atoms with Gasteiger partial charge in [0, 0.05) is 25.7 Å². The quantitative estimate of drug-likeness (QED) is 0.482. The Bertz CT molecular complexity index is 243. The molecule has 0 atom stereocenters. The number of hydrogen-bond acceptors (Lipinski definition) is 3. The summed E-state index contributed by atoms with van der Waals surface area (Å²) in [5, 5.41) is 9.09. The molecule has 1 fully saturated rings. The molecule has 0 aromatic rings. The predicted octanol–water partition coefficient (Wildman–Crippen LogP) is -0.670. The molecule has 0 amide bonds. The number of hydrogen-bond donors (Lipinski definition) is 1. The van der Waals surface area contributed by atoms with Crippen LogP contribution in [0.15, 0.2) is 16.7 Å². The molecule has 0 bridgehead atoms. The van der Waals surface area contributed by atoms with Crippen LogP contribution in [0, 0.1) is 0 Å². The standard InChI is InChI=1S/C8H13BN2O/c9-6-1-2-8(10-3-6)11-4-7(12)5-11/h3,7,12H,1-2,4-5,9H2. The van der Waals surface area contributed by atoms with Gasteiger partial charge in [-0.15, -0.1) is 0 Å². The number of β-amino-alcohol motifs (C(OH)–C–C–N with tert-alkyl or cyclic N) is 1. The lowest BCUT2D eigenvalue weighted by atomic mass is 9.90. The van der Waals surface area contributed by atoms with Gasteiger partial charge in [0.15, 0.2) is 0 Å². The first-order chi connectivity index (χ1) is 5.75. The number of likely N-dealkylation sites (tertiary alicyclic amines) is 1. The van der Waals surface area contributed by atoms with Gasteiger partial charge in [0.1, 0.15) is 13.7 Å². The third kappa shape index (κ3) is 1.39. The molecule has 0 aromatic carbocycles. The summed E-state index contributed by atoms with van der Waals surface area (Å²) < 4.78 is 0. The zero-order valence-corrected chi connectivity index (χ0v) is 7.32. The second kappa shape index (κ2) is 2.94. The number of rotatable bonds is 0. The van der Waals surface area contributed by atoms with E-state index in [0.29, 0.717) is 0 Å². The minimum Gasteiger partial charge on any atom is -0.389 e. The molecule has 1 N–H and O–H groups in total. The molecule has 2 heterocycles. The molecule has 0 saturated carbocycles. The second-order valence-corrected chi connectivity index (χ2v) is 3.58. The Labute approximate surface area is 73.2 Å². The van der Waals surface area contributed by atoms with Gasteiger partial charge in [0.2, 0.25) is 0 Å². The van der Waals surface area contributed by atoms with Crippen LogP contribution in [0.1, 0.15) is 12.8 Å². The molecule has 1 saturated heterocycles. The summed E-state index contributed by atoms with van der Waals surface area (Å²) in [6.45, 7) is 1.54. The molecular formula is C8H13BN2O. The van der Waals surface area contributed by atoms with E-state index in [4.69, 9.17) is 5.11 Å². The highest BCUT2D eigenvalue weighted by molar-refractivity contribution is 6.22. The number of aliphatic imine (C=N–C) groups is 1. The molecule has 0 aliphatic carbocycles. The van der Waals surface area contributed by atoms with Gasteiger partial charge in [-0.2, -0.15) is 0 Å². The molecular weight excluding hydrogens is 151 g/mol. The molecule has 0 radical (unpaired) electrons. The largest absolute Gasteiger partial charge is 0.389 e. The number of nitrogens with zero attached hydrogens (tertiary/aromatic N) is 2. The zero-order chi connectivity index (χ0) is 8.55. The number of aliphatic hydroxyl groups is 1. The Morgan fingerprint density at radius 3 is 2.75 bits per heavy atom. The SMILES string of the molecule is BC1=CN=C(N2CC(O)C2)CC1. The Morgan fingerprint density at radius 1 is 1.50 bits per heavy atom. The first kappa shape index (κ1) is 7.86. The third-order valence-electron chi connectivity index (χ3n) is 2.40. The lowest BCUT2D eigenvalue weighted by molar-refractivity contribution is 0.0452. The Kier molecular flexibility index (Phi) is 1.93. The van der Waals surface area contributed by atoms with Gasteiger partial charge < -0.3 is 10.0 Å². The maximum Gasteiger partial charge on any atom is 0.135 e. The summed E-state index contributed by atoms with van der Waals surface area (Å²) in [6.07, 6.45) is 3.96. The van der Waals surface area contributed by atoms with E-state index in [0.717, 1.165) is 31.8 Å². The summed E-state index contributed by atoms with van der Waals surface area (Å²) in [5.74, 6) is 1.14. The lowest BCUT2D eigenvalue weighted by Crippen LogP contribution is -2.53. The topological polar surface area (TPSA) is 35.8 Å². The van der Waals surface area contributed by atoms with Gasteiger partial charge in [-0.25, -0.2) is 4.99 Å². The second-order valence-electron chi connectivity index (χ2n) is 3.58. The molecule has 3 nitrogen and oxygen atoms in total. The normalized spacial score (nSPS) is 24.6. The first-order valence-corrected chi connectivity index (χ1v) is 4.41. The number of aliphatic hydroxyl groups excluding tert-OH is 1. The average molecular weight is 164 g/mol. The van der Waals surface area contributed by atoms with Crippen molar-refractivity contribution in [2.24, 2.45) is 4.99 Å². The molecule has 4 heteroatoms. The highest BCUT2D eigenvalue weighted by Crippen LogP contribution is 2.16. The fraction of sp³-hybridized carbons (Fsp3) is 0.625.